The summed E-state index contributed by atoms with van der Waals surface area (Å²) in [5.41, 5.74) is 1.54. The van der Waals surface area contributed by atoms with Crippen LogP contribution in [0.15, 0.2) is 56.6 Å². The van der Waals surface area contributed by atoms with E-state index in [1.165, 1.54) is 36.4 Å². The minimum atomic E-state index is -3.81. The lowest BCUT2D eigenvalue weighted by Gasteiger charge is -2.08. The number of H-pyrrole nitrogens is 1. The van der Waals surface area contributed by atoms with Crippen molar-refractivity contribution in [2.45, 2.75) is 17.7 Å². The maximum Gasteiger partial charge on any atom is 0.417 e. The van der Waals surface area contributed by atoms with Crippen molar-refractivity contribution in [3.8, 4) is 0 Å². The molecule has 1 fully saturated rings. The zero-order valence-electron chi connectivity index (χ0n) is 13.0. The number of nitrogens with one attached hydrogen (secondary N) is 2. The molecule has 128 valence electrons. The Balaban J connectivity index is 1.59. The van der Waals surface area contributed by atoms with E-state index < -0.39 is 15.8 Å². The van der Waals surface area contributed by atoms with Crippen LogP contribution in [0.25, 0.3) is 11.1 Å². The van der Waals surface area contributed by atoms with Gasteiger partial charge in [-0.3, -0.25) is 14.5 Å². The number of carbonyl (C=O) groups excluding carboxylic acids is 1. The topological polar surface area (TPSA) is 109 Å². The van der Waals surface area contributed by atoms with Gasteiger partial charge in [-0.25, -0.2) is 13.2 Å². The number of oxazole rings is 1. The number of anilines is 1. The number of aromatic nitrogens is 1. The normalized spacial score (nSPS) is 14.6. The molecule has 8 heteroatoms. The van der Waals surface area contributed by atoms with Gasteiger partial charge in [-0.15, -0.1) is 0 Å². The summed E-state index contributed by atoms with van der Waals surface area (Å²) in [5, 5.41) is 0. The largest absolute Gasteiger partial charge is 0.417 e. The van der Waals surface area contributed by atoms with E-state index in [1.807, 2.05) is 0 Å². The van der Waals surface area contributed by atoms with Gasteiger partial charge in [-0.2, -0.15) is 0 Å². The summed E-state index contributed by atoms with van der Waals surface area (Å²) < 4.78 is 32.3. The number of ketones is 1. The molecule has 0 amide bonds. The summed E-state index contributed by atoms with van der Waals surface area (Å²) in [5.74, 6) is -0.459. The molecule has 1 aliphatic rings. The molecule has 7 nitrogen and oxygen atoms in total. The second-order valence-corrected chi connectivity index (χ2v) is 7.68. The summed E-state index contributed by atoms with van der Waals surface area (Å²) in [7, 11) is -3.81. The van der Waals surface area contributed by atoms with Crippen LogP contribution in [0.4, 0.5) is 5.69 Å². The number of rotatable bonds is 5. The summed E-state index contributed by atoms with van der Waals surface area (Å²) >= 11 is 0. The highest BCUT2D eigenvalue weighted by Crippen LogP contribution is 2.32. The highest BCUT2D eigenvalue weighted by atomic mass is 32.2. The van der Waals surface area contributed by atoms with Crippen LogP contribution in [0.5, 0.6) is 0 Å². The van der Waals surface area contributed by atoms with Crippen LogP contribution < -0.4 is 10.5 Å². The first-order valence-corrected chi connectivity index (χ1v) is 9.21. The van der Waals surface area contributed by atoms with Crippen molar-refractivity contribution in [2.24, 2.45) is 5.92 Å². The van der Waals surface area contributed by atoms with Gasteiger partial charge in [0.1, 0.15) is 0 Å². The van der Waals surface area contributed by atoms with Gasteiger partial charge in [0, 0.05) is 17.5 Å². The number of benzene rings is 2. The highest BCUT2D eigenvalue weighted by Gasteiger charge is 2.30. The van der Waals surface area contributed by atoms with E-state index in [0.29, 0.717) is 11.1 Å². The van der Waals surface area contributed by atoms with Crippen molar-refractivity contribution in [3.05, 3.63) is 58.6 Å². The smallest absolute Gasteiger partial charge is 0.408 e. The Morgan fingerprint density at radius 2 is 1.84 bits per heavy atom. The monoisotopic (exact) mass is 358 g/mol. The van der Waals surface area contributed by atoms with Gasteiger partial charge in [0.05, 0.1) is 16.1 Å². The van der Waals surface area contributed by atoms with Gasteiger partial charge < -0.3 is 4.42 Å². The second-order valence-electron chi connectivity index (χ2n) is 5.99. The molecule has 1 saturated carbocycles. The minimum Gasteiger partial charge on any atom is -0.408 e. The second kappa shape index (κ2) is 5.59. The molecule has 3 aromatic rings. The van der Waals surface area contributed by atoms with Crippen molar-refractivity contribution in [3.63, 3.8) is 0 Å². The first-order chi connectivity index (χ1) is 11.9. The van der Waals surface area contributed by atoms with Crippen LogP contribution in [-0.4, -0.2) is 19.2 Å². The predicted octanol–water partition coefficient (Wildman–Crippen LogP) is 2.51. The molecule has 4 rings (SSSR count). The van der Waals surface area contributed by atoms with Crippen molar-refractivity contribution in [2.75, 3.05) is 4.72 Å². The SMILES string of the molecule is O=C(c1ccc(S(=O)(=O)Nc2ccc3[nH]c(=O)oc3c2)cc1)C1CC1. The highest BCUT2D eigenvalue weighted by molar-refractivity contribution is 7.92. The molecular weight excluding hydrogens is 344 g/mol. The average Bonchev–Trinajstić information content (AvgIpc) is 3.35. The van der Waals surface area contributed by atoms with E-state index in [0.717, 1.165) is 12.8 Å². The third kappa shape index (κ3) is 3.08. The molecule has 2 aromatic carbocycles. The van der Waals surface area contributed by atoms with E-state index >= 15 is 0 Å². The van der Waals surface area contributed by atoms with Gasteiger partial charge in [-0.05, 0) is 37.1 Å². The maximum absolute atomic E-state index is 12.5. The standard InChI is InChI=1S/C17H14N2O5S/c20-16(10-1-2-10)11-3-6-13(7-4-11)25(22,23)19-12-5-8-14-15(9-12)24-17(21)18-14/h3-10,19H,1-2H2,(H,18,21). The van der Waals surface area contributed by atoms with Crippen LogP contribution in [0.3, 0.4) is 0 Å². The van der Waals surface area contributed by atoms with Crippen molar-refractivity contribution in [1.82, 2.24) is 4.98 Å². The lowest BCUT2D eigenvalue weighted by molar-refractivity contribution is 0.0967. The quantitative estimate of drug-likeness (QED) is 0.681. The fraction of sp³-hybridized carbons (Fsp3) is 0.176. The zero-order chi connectivity index (χ0) is 17.6. The Morgan fingerprint density at radius 3 is 2.52 bits per heavy atom. The lowest BCUT2D eigenvalue weighted by atomic mass is 10.1. The van der Waals surface area contributed by atoms with Crippen LogP contribution in [0.1, 0.15) is 23.2 Å². The molecule has 0 spiro atoms. The maximum atomic E-state index is 12.5. The summed E-state index contributed by atoms with van der Waals surface area (Å²) in [6.07, 6.45) is 1.80. The molecule has 0 bridgehead atoms. The molecule has 1 aromatic heterocycles. The van der Waals surface area contributed by atoms with Crippen molar-refractivity contribution in [1.29, 1.82) is 0 Å². The summed E-state index contributed by atoms with van der Waals surface area (Å²) in [6.45, 7) is 0. The van der Waals surface area contributed by atoms with E-state index in [2.05, 4.69) is 9.71 Å². The van der Waals surface area contributed by atoms with Gasteiger partial charge in [-0.1, -0.05) is 12.1 Å². The molecule has 1 heterocycles. The first kappa shape index (κ1) is 15.6. The molecule has 0 radical (unpaired) electrons. The third-order valence-corrected chi connectivity index (χ3v) is 5.47. The van der Waals surface area contributed by atoms with Crippen LogP contribution in [-0.2, 0) is 10.0 Å². The van der Waals surface area contributed by atoms with Gasteiger partial charge in [0.15, 0.2) is 11.4 Å². The van der Waals surface area contributed by atoms with Crippen LogP contribution in [0.2, 0.25) is 0 Å². The molecule has 0 saturated heterocycles. The van der Waals surface area contributed by atoms with Gasteiger partial charge in [0.25, 0.3) is 10.0 Å². The Morgan fingerprint density at radius 1 is 1.12 bits per heavy atom. The summed E-state index contributed by atoms with van der Waals surface area (Å²) in [4.78, 5) is 25.7. The van der Waals surface area contributed by atoms with Gasteiger partial charge >= 0.3 is 5.76 Å². The zero-order valence-corrected chi connectivity index (χ0v) is 13.8. The molecule has 0 atom stereocenters. The number of fused-ring (bicyclic) bond motifs is 1. The van der Waals surface area contributed by atoms with Crippen LogP contribution in [0, 0.1) is 5.92 Å². The number of hydrogen-bond donors (Lipinski definition) is 2. The molecule has 0 aliphatic heterocycles. The predicted molar refractivity (Wildman–Crippen MR) is 91.1 cm³/mol. The number of hydrogen-bond acceptors (Lipinski definition) is 5. The molecule has 2 N–H and O–H groups in total. The number of carbonyl (C=O) groups is 1. The van der Waals surface area contributed by atoms with Crippen molar-refractivity contribution >= 4 is 32.6 Å². The number of sulfonamides is 1. The third-order valence-electron chi connectivity index (χ3n) is 4.07. The lowest BCUT2D eigenvalue weighted by Crippen LogP contribution is -2.13. The minimum absolute atomic E-state index is 0.0514. The van der Waals surface area contributed by atoms with E-state index in [9.17, 15) is 18.0 Å². The molecule has 0 unspecified atom stereocenters. The molecular formula is C17H14N2O5S. The Labute approximate surface area is 142 Å². The Hall–Kier alpha value is -2.87. The van der Waals surface area contributed by atoms with Crippen LogP contribution >= 0.6 is 0 Å². The van der Waals surface area contributed by atoms with E-state index in [4.69, 9.17) is 4.42 Å². The number of aromatic amines is 1. The first-order valence-electron chi connectivity index (χ1n) is 7.72. The fourth-order valence-electron chi connectivity index (χ4n) is 2.60. The summed E-state index contributed by atoms with van der Waals surface area (Å²) in [6, 6.07) is 10.4. The number of Topliss-reactive ketones (excluding diaryl/α,β-unsaturated/α-hetero) is 1. The van der Waals surface area contributed by atoms with Gasteiger partial charge in [0.2, 0.25) is 0 Å². The average molecular weight is 358 g/mol. The van der Waals surface area contributed by atoms with E-state index in [1.54, 1.807) is 6.07 Å². The fourth-order valence-corrected chi connectivity index (χ4v) is 3.65. The van der Waals surface area contributed by atoms with E-state index in [-0.39, 0.29) is 27.9 Å². The Kier molecular flexibility index (Phi) is 3.50. The molecule has 25 heavy (non-hydrogen) atoms. The Bertz CT molecular complexity index is 1120. The molecule has 1 aliphatic carbocycles. The van der Waals surface area contributed by atoms with Crippen molar-refractivity contribution < 1.29 is 17.6 Å².